The number of rotatable bonds is 3. The zero-order chi connectivity index (χ0) is 12.4. The number of pyridine rings is 1. The summed E-state index contributed by atoms with van der Waals surface area (Å²) < 4.78 is 1.80. The Morgan fingerprint density at radius 3 is 2.53 bits per heavy atom. The fourth-order valence-corrected chi connectivity index (χ4v) is 1.54. The molecule has 0 spiro atoms. The lowest BCUT2D eigenvalue weighted by atomic mass is 10.1. The molecule has 0 aliphatic heterocycles. The molecule has 0 saturated carbocycles. The first kappa shape index (κ1) is 11.5. The van der Waals surface area contributed by atoms with Crippen molar-refractivity contribution in [1.82, 2.24) is 14.5 Å². The largest absolute Gasteiger partial charge is 0.304 e. The Bertz CT molecular complexity index is 526. The van der Waals surface area contributed by atoms with Crippen LogP contribution in [0.3, 0.4) is 0 Å². The van der Waals surface area contributed by atoms with Gasteiger partial charge in [0.05, 0.1) is 11.9 Å². The van der Waals surface area contributed by atoms with Crippen LogP contribution in [0.2, 0.25) is 0 Å². The normalized spacial score (nSPS) is 10.8. The molecule has 17 heavy (non-hydrogen) atoms. The van der Waals surface area contributed by atoms with E-state index in [-0.39, 0.29) is 5.78 Å². The quantitative estimate of drug-likeness (QED) is 0.760. The summed E-state index contributed by atoms with van der Waals surface area (Å²) in [6.07, 6.45) is 5.14. The molecule has 0 N–H and O–H groups in total. The van der Waals surface area contributed by atoms with E-state index >= 15 is 0 Å². The molecule has 2 heterocycles. The second kappa shape index (κ2) is 4.49. The van der Waals surface area contributed by atoms with E-state index in [4.69, 9.17) is 0 Å². The van der Waals surface area contributed by atoms with Gasteiger partial charge in [-0.25, -0.2) is 4.98 Å². The Hall–Kier alpha value is -1.97. The van der Waals surface area contributed by atoms with Crippen LogP contribution in [-0.2, 0) is 0 Å². The monoisotopic (exact) mass is 229 g/mol. The van der Waals surface area contributed by atoms with Crippen molar-refractivity contribution in [1.29, 1.82) is 0 Å². The van der Waals surface area contributed by atoms with Gasteiger partial charge in [-0.2, -0.15) is 0 Å². The SMILES string of the molecule is CC(=O)c1cn(-c2ccc(C(C)C)nc2)cn1. The second-order valence-electron chi connectivity index (χ2n) is 4.32. The minimum Gasteiger partial charge on any atom is -0.304 e. The zero-order valence-electron chi connectivity index (χ0n) is 10.2. The van der Waals surface area contributed by atoms with E-state index < -0.39 is 0 Å². The van der Waals surface area contributed by atoms with Gasteiger partial charge in [-0.3, -0.25) is 9.78 Å². The van der Waals surface area contributed by atoms with Gasteiger partial charge in [-0.1, -0.05) is 13.8 Å². The molecule has 2 aromatic heterocycles. The highest BCUT2D eigenvalue weighted by Gasteiger charge is 2.06. The molecule has 0 unspecified atom stereocenters. The Morgan fingerprint density at radius 2 is 2.06 bits per heavy atom. The van der Waals surface area contributed by atoms with Crippen molar-refractivity contribution in [3.05, 3.63) is 42.2 Å². The number of ketones is 1. The van der Waals surface area contributed by atoms with E-state index in [1.54, 1.807) is 23.3 Å². The average molecular weight is 229 g/mol. The van der Waals surface area contributed by atoms with Crippen molar-refractivity contribution in [2.24, 2.45) is 0 Å². The molecule has 88 valence electrons. The number of hydrogen-bond donors (Lipinski definition) is 0. The van der Waals surface area contributed by atoms with Crippen molar-refractivity contribution in [2.75, 3.05) is 0 Å². The van der Waals surface area contributed by atoms with Gasteiger partial charge in [0.1, 0.15) is 12.0 Å². The summed E-state index contributed by atoms with van der Waals surface area (Å²) in [6, 6.07) is 3.97. The maximum absolute atomic E-state index is 11.1. The Labute approximate surface area is 100 Å². The molecule has 4 heteroatoms. The molecule has 0 bridgehead atoms. The molecule has 0 amide bonds. The molecule has 0 atom stereocenters. The van der Waals surface area contributed by atoms with Crippen molar-refractivity contribution in [3.63, 3.8) is 0 Å². The van der Waals surface area contributed by atoms with Crippen LogP contribution in [0.4, 0.5) is 0 Å². The molecular formula is C13H15N3O. The number of Topliss-reactive ketones (excluding diaryl/α,β-unsaturated/α-hetero) is 1. The third-order valence-corrected chi connectivity index (χ3v) is 2.60. The van der Waals surface area contributed by atoms with E-state index in [1.807, 2.05) is 12.1 Å². The summed E-state index contributed by atoms with van der Waals surface area (Å²) in [6.45, 7) is 5.72. The first-order valence-electron chi connectivity index (χ1n) is 5.59. The molecule has 2 aromatic rings. The first-order chi connectivity index (χ1) is 8.08. The van der Waals surface area contributed by atoms with Gasteiger partial charge < -0.3 is 4.57 Å². The maximum atomic E-state index is 11.1. The highest BCUT2D eigenvalue weighted by Crippen LogP contribution is 2.14. The molecule has 0 saturated heterocycles. The Morgan fingerprint density at radius 1 is 1.29 bits per heavy atom. The Balaban J connectivity index is 2.30. The number of hydrogen-bond acceptors (Lipinski definition) is 3. The highest BCUT2D eigenvalue weighted by atomic mass is 16.1. The van der Waals surface area contributed by atoms with Gasteiger partial charge in [0.25, 0.3) is 0 Å². The Kier molecular flexibility index (Phi) is 3.04. The van der Waals surface area contributed by atoms with Crippen molar-refractivity contribution < 1.29 is 4.79 Å². The first-order valence-corrected chi connectivity index (χ1v) is 5.59. The summed E-state index contributed by atoms with van der Waals surface area (Å²) in [5.41, 5.74) is 2.44. The van der Waals surface area contributed by atoms with Crippen LogP contribution in [0, 0.1) is 0 Å². The van der Waals surface area contributed by atoms with Gasteiger partial charge in [-0.05, 0) is 18.1 Å². The molecule has 0 aromatic carbocycles. The standard InChI is InChI=1S/C13H15N3O/c1-9(2)12-5-4-11(6-14-12)16-7-13(10(3)17)15-8-16/h4-9H,1-3H3. The summed E-state index contributed by atoms with van der Waals surface area (Å²) in [5, 5.41) is 0. The number of aromatic nitrogens is 3. The minimum absolute atomic E-state index is 0.0319. The number of nitrogens with zero attached hydrogens (tertiary/aromatic N) is 3. The second-order valence-corrected chi connectivity index (χ2v) is 4.32. The van der Waals surface area contributed by atoms with Crippen LogP contribution in [0.5, 0.6) is 0 Å². The van der Waals surface area contributed by atoms with E-state index in [2.05, 4.69) is 23.8 Å². The average Bonchev–Trinajstić information content (AvgIpc) is 2.78. The summed E-state index contributed by atoms with van der Waals surface area (Å²) in [5.74, 6) is 0.384. The summed E-state index contributed by atoms with van der Waals surface area (Å²) in [7, 11) is 0. The van der Waals surface area contributed by atoms with E-state index in [9.17, 15) is 4.79 Å². The van der Waals surface area contributed by atoms with Gasteiger partial charge in [0.15, 0.2) is 5.78 Å². The molecule has 0 aliphatic carbocycles. The lowest BCUT2D eigenvalue weighted by Crippen LogP contribution is -1.96. The topological polar surface area (TPSA) is 47.8 Å². The molecule has 2 rings (SSSR count). The molecular weight excluding hydrogens is 214 g/mol. The van der Waals surface area contributed by atoms with Crippen LogP contribution in [0.25, 0.3) is 5.69 Å². The third kappa shape index (κ3) is 2.41. The minimum atomic E-state index is -0.0319. The van der Waals surface area contributed by atoms with E-state index in [1.165, 1.54) is 6.92 Å². The number of carbonyl (C=O) groups excluding carboxylic acids is 1. The summed E-state index contributed by atoms with van der Waals surface area (Å²) in [4.78, 5) is 19.6. The molecule has 0 radical (unpaired) electrons. The number of imidazole rings is 1. The predicted molar refractivity (Wildman–Crippen MR) is 65.5 cm³/mol. The van der Waals surface area contributed by atoms with Crippen LogP contribution < -0.4 is 0 Å². The molecule has 0 aliphatic rings. The molecule has 0 fully saturated rings. The van der Waals surface area contributed by atoms with Crippen molar-refractivity contribution in [2.45, 2.75) is 26.7 Å². The predicted octanol–water partition coefficient (Wildman–Crippen LogP) is 2.59. The molecule has 4 nitrogen and oxygen atoms in total. The zero-order valence-corrected chi connectivity index (χ0v) is 10.2. The van der Waals surface area contributed by atoms with E-state index in [0.29, 0.717) is 11.6 Å². The van der Waals surface area contributed by atoms with Crippen LogP contribution in [0.1, 0.15) is 42.9 Å². The maximum Gasteiger partial charge on any atom is 0.179 e. The smallest absolute Gasteiger partial charge is 0.179 e. The highest BCUT2D eigenvalue weighted by molar-refractivity contribution is 5.91. The fourth-order valence-electron chi connectivity index (χ4n) is 1.54. The fraction of sp³-hybridized carbons (Fsp3) is 0.308. The van der Waals surface area contributed by atoms with Crippen LogP contribution >= 0.6 is 0 Å². The number of carbonyl (C=O) groups is 1. The van der Waals surface area contributed by atoms with Gasteiger partial charge in [0, 0.05) is 18.8 Å². The van der Waals surface area contributed by atoms with Gasteiger partial charge in [-0.15, -0.1) is 0 Å². The van der Waals surface area contributed by atoms with Crippen molar-refractivity contribution >= 4 is 5.78 Å². The lowest BCUT2D eigenvalue weighted by molar-refractivity contribution is 0.101. The van der Waals surface area contributed by atoms with Gasteiger partial charge >= 0.3 is 0 Å². The van der Waals surface area contributed by atoms with Crippen LogP contribution in [0.15, 0.2) is 30.9 Å². The lowest BCUT2D eigenvalue weighted by Gasteiger charge is -2.05. The van der Waals surface area contributed by atoms with Gasteiger partial charge in [0.2, 0.25) is 0 Å². The summed E-state index contributed by atoms with van der Waals surface area (Å²) >= 11 is 0. The van der Waals surface area contributed by atoms with E-state index in [0.717, 1.165) is 11.4 Å². The van der Waals surface area contributed by atoms with Crippen molar-refractivity contribution in [3.8, 4) is 5.69 Å². The van der Waals surface area contributed by atoms with Crippen LogP contribution in [-0.4, -0.2) is 20.3 Å². The third-order valence-electron chi connectivity index (χ3n) is 2.60.